The number of hydrogen-bond acceptors (Lipinski definition) is 8. The Morgan fingerprint density at radius 1 is 0.579 bits per heavy atom. The maximum Gasteiger partial charge on any atom is 0.341 e. The van der Waals surface area contributed by atoms with E-state index in [-0.39, 0.29) is 13.2 Å². The molecule has 2 heterocycles. The Kier molecular flexibility index (Phi) is 7.72. The largest absolute Gasteiger partial charge is 0.462 e. The normalized spacial score (nSPS) is 10.8. The number of carbonyl (C=O) groups excluding carboxylic acids is 2. The van der Waals surface area contributed by atoms with Gasteiger partial charge in [-0.25, -0.2) is 9.59 Å². The molecule has 0 fully saturated rings. The second kappa shape index (κ2) is 11.5. The van der Waals surface area contributed by atoms with Crippen LogP contribution in [0.5, 0.6) is 0 Å². The smallest absolute Gasteiger partial charge is 0.341 e. The molecule has 2 aromatic heterocycles. The number of benzene rings is 3. The predicted molar refractivity (Wildman–Crippen MR) is 151 cm³/mol. The Morgan fingerprint density at radius 3 is 1.29 bits per heavy atom. The van der Waals surface area contributed by atoms with Gasteiger partial charge in [-0.2, -0.15) is 8.75 Å². The lowest BCUT2D eigenvalue weighted by Gasteiger charge is -2.08. The first-order chi connectivity index (χ1) is 18.6. The molecular formula is C30H24N2O4S2. The summed E-state index contributed by atoms with van der Waals surface area (Å²) >= 11 is 2.52. The van der Waals surface area contributed by atoms with E-state index in [0.29, 0.717) is 22.5 Å². The van der Waals surface area contributed by atoms with Crippen LogP contribution in [0.15, 0.2) is 84.9 Å². The van der Waals surface area contributed by atoms with Crippen molar-refractivity contribution in [3.05, 3.63) is 96.1 Å². The topological polar surface area (TPSA) is 78.4 Å². The SMILES string of the molecule is CCOC(=O)c1c(-c2ccccc2)nsc1-c1ccc(-c2snc(-c3ccccc3)c2C(=O)OCC)cc1. The summed E-state index contributed by atoms with van der Waals surface area (Å²) in [4.78, 5) is 27.4. The first-order valence-electron chi connectivity index (χ1n) is 12.2. The van der Waals surface area contributed by atoms with Crippen molar-refractivity contribution in [2.45, 2.75) is 13.8 Å². The fourth-order valence-electron chi connectivity index (χ4n) is 4.12. The van der Waals surface area contributed by atoms with Crippen LogP contribution in [0, 0.1) is 0 Å². The Labute approximate surface area is 228 Å². The fraction of sp³-hybridized carbons (Fsp3) is 0.133. The zero-order valence-corrected chi connectivity index (χ0v) is 22.5. The van der Waals surface area contributed by atoms with Crippen LogP contribution in [-0.4, -0.2) is 33.9 Å². The minimum Gasteiger partial charge on any atom is -0.462 e. The Morgan fingerprint density at radius 2 is 0.947 bits per heavy atom. The van der Waals surface area contributed by atoms with Gasteiger partial charge in [0.05, 0.1) is 34.4 Å². The summed E-state index contributed by atoms with van der Waals surface area (Å²) in [6.07, 6.45) is 0. The van der Waals surface area contributed by atoms with E-state index < -0.39 is 11.9 Å². The molecule has 0 aliphatic rings. The van der Waals surface area contributed by atoms with Crippen molar-refractivity contribution < 1.29 is 19.1 Å². The van der Waals surface area contributed by atoms with Crippen LogP contribution in [0.4, 0.5) is 0 Å². The fourth-order valence-corrected chi connectivity index (χ4v) is 5.90. The van der Waals surface area contributed by atoms with E-state index in [4.69, 9.17) is 9.47 Å². The maximum atomic E-state index is 13.0. The highest BCUT2D eigenvalue weighted by Gasteiger charge is 2.26. The van der Waals surface area contributed by atoms with Gasteiger partial charge >= 0.3 is 11.9 Å². The lowest BCUT2D eigenvalue weighted by Crippen LogP contribution is -2.07. The summed E-state index contributed by atoms with van der Waals surface area (Å²) < 4.78 is 20.0. The van der Waals surface area contributed by atoms with Crippen LogP contribution in [0.25, 0.3) is 43.4 Å². The molecule has 8 heteroatoms. The molecule has 0 spiro atoms. The quantitative estimate of drug-likeness (QED) is 0.188. The summed E-state index contributed by atoms with van der Waals surface area (Å²) in [5.41, 5.74) is 5.49. The third kappa shape index (κ3) is 5.01. The maximum absolute atomic E-state index is 13.0. The van der Waals surface area contributed by atoms with E-state index in [0.717, 1.165) is 32.0 Å². The Bertz CT molecular complexity index is 1440. The lowest BCUT2D eigenvalue weighted by atomic mass is 10.00. The third-order valence-electron chi connectivity index (χ3n) is 5.85. The van der Waals surface area contributed by atoms with Gasteiger partial charge in [0.25, 0.3) is 0 Å². The summed E-state index contributed by atoms with van der Waals surface area (Å²) in [5, 5.41) is 0. The highest BCUT2D eigenvalue weighted by molar-refractivity contribution is 7.10. The molecule has 0 saturated heterocycles. The van der Waals surface area contributed by atoms with Gasteiger partial charge in [0.15, 0.2) is 0 Å². The van der Waals surface area contributed by atoms with Crippen molar-refractivity contribution in [2.24, 2.45) is 0 Å². The van der Waals surface area contributed by atoms with Crippen molar-refractivity contribution >= 4 is 35.0 Å². The van der Waals surface area contributed by atoms with Gasteiger partial charge in [0.2, 0.25) is 0 Å². The van der Waals surface area contributed by atoms with E-state index in [2.05, 4.69) is 8.75 Å². The monoisotopic (exact) mass is 540 g/mol. The number of nitrogens with zero attached hydrogens (tertiary/aromatic N) is 2. The van der Waals surface area contributed by atoms with Crippen molar-refractivity contribution in [1.29, 1.82) is 0 Å². The first kappa shape index (κ1) is 25.5. The first-order valence-corrected chi connectivity index (χ1v) is 13.7. The van der Waals surface area contributed by atoms with Crippen LogP contribution in [-0.2, 0) is 9.47 Å². The molecular weight excluding hydrogens is 516 g/mol. The number of ether oxygens (including phenoxy) is 2. The number of aromatic nitrogens is 2. The van der Waals surface area contributed by atoms with Gasteiger partial charge in [0.1, 0.15) is 11.1 Å². The predicted octanol–water partition coefficient (Wildman–Crippen LogP) is 7.62. The Hall–Kier alpha value is -4.14. The van der Waals surface area contributed by atoms with Crippen molar-refractivity contribution in [3.63, 3.8) is 0 Å². The van der Waals surface area contributed by atoms with Gasteiger partial charge in [-0.15, -0.1) is 0 Å². The zero-order chi connectivity index (χ0) is 26.5. The molecule has 0 aliphatic carbocycles. The number of esters is 2. The van der Waals surface area contributed by atoms with Crippen molar-refractivity contribution in [2.75, 3.05) is 13.2 Å². The number of hydrogen-bond donors (Lipinski definition) is 0. The van der Waals surface area contributed by atoms with E-state index in [9.17, 15) is 9.59 Å². The second-order valence-corrected chi connectivity index (χ2v) is 9.77. The lowest BCUT2D eigenvalue weighted by molar-refractivity contribution is 0.0518. The minimum atomic E-state index is -0.404. The average Bonchev–Trinajstić information content (AvgIpc) is 3.60. The zero-order valence-electron chi connectivity index (χ0n) is 20.8. The van der Waals surface area contributed by atoms with Gasteiger partial charge < -0.3 is 9.47 Å². The third-order valence-corrected chi connectivity index (χ3v) is 7.64. The molecule has 0 bridgehead atoms. The van der Waals surface area contributed by atoms with Crippen LogP contribution in [0.2, 0.25) is 0 Å². The van der Waals surface area contributed by atoms with Crippen molar-refractivity contribution in [3.8, 4) is 43.4 Å². The van der Waals surface area contributed by atoms with E-state index in [1.165, 1.54) is 23.1 Å². The number of carbonyl (C=O) groups is 2. The van der Waals surface area contributed by atoms with E-state index >= 15 is 0 Å². The van der Waals surface area contributed by atoms with Crippen LogP contribution in [0.1, 0.15) is 34.6 Å². The van der Waals surface area contributed by atoms with Gasteiger partial charge in [-0.1, -0.05) is 84.9 Å². The molecule has 190 valence electrons. The molecule has 0 amide bonds. The minimum absolute atomic E-state index is 0.271. The molecule has 0 atom stereocenters. The average molecular weight is 541 g/mol. The van der Waals surface area contributed by atoms with Gasteiger partial charge in [0, 0.05) is 11.1 Å². The molecule has 3 aromatic carbocycles. The molecule has 5 aromatic rings. The molecule has 6 nitrogen and oxygen atoms in total. The molecule has 5 rings (SSSR count). The highest BCUT2D eigenvalue weighted by Crippen LogP contribution is 2.39. The summed E-state index contributed by atoms with van der Waals surface area (Å²) in [5.74, 6) is -0.808. The van der Waals surface area contributed by atoms with Crippen LogP contribution < -0.4 is 0 Å². The van der Waals surface area contributed by atoms with Gasteiger partial charge in [-0.3, -0.25) is 0 Å². The van der Waals surface area contributed by atoms with Crippen LogP contribution >= 0.6 is 23.1 Å². The molecule has 0 saturated carbocycles. The van der Waals surface area contributed by atoms with E-state index in [1.54, 1.807) is 13.8 Å². The highest BCUT2D eigenvalue weighted by atomic mass is 32.1. The summed E-state index contributed by atoms with van der Waals surface area (Å²) in [6, 6.07) is 26.9. The Balaban J connectivity index is 1.56. The molecule has 38 heavy (non-hydrogen) atoms. The van der Waals surface area contributed by atoms with Gasteiger partial charge in [-0.05, 0) is 48.0 Å². The molecule has 0 radical (unpaired) electrons. The molecule has 0 unspecified atom stereocenters. The summed E-state index contributed by atoms with van der Waals surface area (Å²) in [7, 11) is 0. The molecule has 0 aliphatic heterocycles. The second-order valence-electron chi connectivity index (χ2n) is 8.22. The van der Waals surface area contributed by atoms with Crippen molar-refractivity contribution in [1.82, 2.24) is 8.75 Å². The standard InChI is InChI=1S/C30H24N2O4S2/c1-3-35-29(33)23-25(19-11-7-5-8-12-19)31-37-27(23)21-15-17-22(18-16-21)28-24(30(34)36-4-2)26(32-38-28)20-13-9-6-10-14-20/h5-18H,3-4H2,1-2H3. The van der Waals surface area contributed by atoms with Crippen LogP contribution in [0.3, 0.4) is 0 Å². The summed E-state index contributed by atoms with van der Waals surface area (Å²) in [6.45, 7) is 4.11. The molecule has 0 N–H and O–H groups in total. The van der Waals surface area contributed by atoms with E-state index in [1.807, 2.05) is 84.9 Å². The number of rotatable bonds is 8.